The van der Waals surface area contributed by atoms with Crippen molar-refractivity contribution in [2.24, 2.45) is 5.10 Å². The lowest BCUT2D eigenvalue weighted by Gasteiger charge is -2.02. The van der Waals surface area contributed by atoms with E-state index in [2.05, 4.69) is 26.5 Å². The molecule has 2 aromatic carbocycles. The maximum atomic E-state index is 12.0. The molecule has 24 heavy (non-hydrogen) atoms. The summed E-state index contributed by atoms with van der Waals surface area (Å²) in [5.41, 5.74) is 2.73. The summed E-state index contributed by atoms with van der Waals surface area (Å²) in [7, 11) is 0. The molecule has 122 valence electrons. The van der Waals surface area contributed by atoms with Crippen LogP contribution in [0.1, 0.15) is 15.9 Å². The Labute approximate surface area is 144 Å². The van der Waals surface area contributed by atoms with Crippen molar-refractivity contribution >= 4 is 33.7 Å². The van der Waals surface area contributed by atoms with Gasteiger partial charge in [-0.3, -0.25) is 14.9 Å². The van der Waals surface area contributed by atoms with Crippen molar-refractivity contribution in [1.29, 1.82) is 0 Å². The summed E-state index contributed by atoms with van der Waals surface area (Å²) in [5.74, 6) is 0.258. The minimum absolute atomic E-state index is 0.00665. The minimum Gasteiger partial charge on any atom is -0.454 e. The first-order valence-electron chi connectivity index (χ1n) is 6.71. The van der Waals surface area contributed by atoms with Gasteiger partial charge in [0, 0.05) is 10.0 Å². The number of hydrogen-bond donors (Lipinski definition) is 1. The standard InChI is InChI=1S/C15H10BrN3O5/c16-11-3-1-2-9(4-11)15(20)18-17-7-10-5-13-14(24-8-23-13)6-12(10)19(21)22/h1-7H,8H2,(H,18,20)/b17-7-. The third-order valence-electron chi connectivity index (χ3n) is 3.18. The van der Waals surface area contributed by atoms with Crippen molar-refractivity contribution < 1.29 is 19.2 Å². The molecule has 3 rings (SSSR count). The Morgan fingerprint density at radius 3 is 2.75 bits per heavy atom. The Morgan fingerprint density at radius 2 is 2.04 bits per heavy atom. The number of benzene rings is 2. The summed E-state index contributed by atoms with van der Waals surface area (Å²) in [4.78, 5) is 22.5. The first-order chi connectivity index (χ1) is 11.5. The zero-order valence-electron chi connectivity index (χ0n) is 12.1. The molecule has 0 spiro atoms. The van der Waals surface area contributed by atoms with Crippen LogP contribution < -0.4 is 14.9 Å². The van der Waals surface area contributed by atoms with Crippen LogP contribution in [0, 0.1) is 10.1 Å². The predicted octanol–water partition coefficient (Wildman–Crippen LogP) is 2.85. The van der Waals surface area contributed by atoms with Gasteiger partial charge in [-0.15, -0.1) is 0 Å². The molecule has 0 fully saturated rings. The van der Waals surface area contributed by atoms with Crippen LogP contribution in [-0.2, 0) is 0 Å². The number of rotatable bonds is 4. The number of nitro groups is 1. The number of nitrogens with zero attached hydrogens (tertiary/aromatic N) is 2. The summed E-state index contributed by atoms with van der Waals surface area (Å²) in [6.07, 6.45) is 1.19. The first-order valence-corrected chi connectivity index (χ1v) is 7.51. The van der Waals surface area contributed by atoms with Crippen molar-refractivity contribution in [1.82, 2.24) is 5.43 Å². The third kappa shape index (κ3) is 3.35. The molecule has 1 amide bonds. The molecule has 1 heterocycles. The Bertz CT molecular complexity index is 853. The van der Waals surface area contributed by atoms with Crippen LogP contribution >= 0.6 is 15.9 Å². The van der Waals surface area contributed by atoms with Gasteiger partial charge in [0.1, 0.15) is 0 Å². The van der Waals surface area contributed by atoms with Crippen molar-refractivity contribution in [2.45, 2.75) is 0 Å². The number of amides is 1. The molecule has 0 radical (unpaired) electrons. The molecule has 9 heteroatoms. The third-order valence-corrected chi connectivity index (χ3v) is 3.67. The lowest BCUT2D eigenvalue weighted by molar-refractivity contribution is -0.385. The van der Waals surface area contributed by atoms with Crippen LogP contribution in [0.3, 0.4) is 0 Å². The average molecular weight is 392 g/mol. The van der Waals surface area contributed by atoms with Crippen LogP contribution in [0.15, 0.2) is 46.0 Å². The molecule has 0 aliphatic carbocycles. The number of fused-ring (bicyclic) bond motifs is 1. The van der Waals surface area contributed by atoms with E-state index < -0.39 is 10.8 Å². The average Bonchev–Trinajstić information content (AvgIpc) is 3.01. The summed E-state index contributed by atoms with van der Waals surface area (Å²) in [6.45, 7) is 0.00665. The fourth-order valence-corrected chi connectivity index (χ4v) is 2.46. The molecule has 0 saturated carbocycles. The summed E-state index contributed by atoms with van der Waals surface area (Å²) in [5, 5.41) is 14.9. The molecule has 1 aliphatic heterocycles. The zero-order valence-corrected chi connectivity index (χ0v) is 13.6. The largest absolute Gasteiger partial charge is 0.454 e. The van der Waals surface area contributed by atoms with Gasteiger partial charge in [0.2, 0.25) is 6.79 Å². The maximum Gasteiger partial charge on any atom is 0.282 e. The van der Waals surface area contributed by atoms with Crippen LogP contribution in [-0.4, -0.2) is 23.8 Å². The second-order valence-electron chi connectivity index (χ2n) is 4.73. The van der Waals surface area contributed by atoms with Gasteiger partial charge in [-0.2, -0.15) is 5.10 Å². The van der Waals surface area contributed by atoms with Gasteiger partial charge >= 0.3 is 0 Å². The van der Waals surface area contributed by atoms with Crippen LogP contribution in [0.2, 0.25) is 0 Å². The van der Waals surface area contributed by atoms with E-state index >= 15 is 0 Å². The van der Waals surface area contributed by atoms with Crippen molar-refractivity contribution in [3.05, 3.63) is 62.1 Å². The quantitative estimate of drug-likeness (QED) is 0.490. The summed E-state index contributed by atoms with van der Waals surface area (Å²) >= 11 is 3.27. The molecule has 0 aromatic heterocycles. The van der Waals surface area contributed by atoms with E-state index in [4.69, 9.17) is 9.47 Å². The molecule has 0 saturated heterocycles. The van der Waals surface area contributed by atoms with Gasteiger partial charge in [-0.1, -0.05) is 22.0 Å². The van der Waals surface area contributed by atoms with Gasteiger partial charge in [0.05, 0.1) is 22.8 Å². The molecule has 0 bridgehead atoms. The SMILES string of the molecule is O=C(N/N=C\c1cc2c(cc1[N+](=O)[O-])OCO2)c1cccc(Br)c1. The highest BCUT2D eigenvalue weighted by molar-refractivity contribution is 9.10. The molecule has 2 aromatic rings. The topological polar surface area (TPSA) is 103 Å². The first kappa shape index (κ1) is 15.9. The lowest BCUT2D eigenvalue weighted by Crippen LogP contribution is -2.17. The van der Waals surface area contributed by atoms with Gasteiger partial charge in [-0.25, -0.2) is 5.43 Å². The summed E-state index contributed by atoms with van der Waals surface area (Å²) < 4.78 is 11.1. The highest BCUT2D eigenvalue weighted by atomic mass is 79.9. The Hall–Kier alpha value is -2.94. The van der Waals surface area contributed by atoms with Gasteiger partial charge < -0.3 is 9.47 Å². The predicted molar refractivity (Wildman–Crippen MR) is 88.4 cm³/mol. The molecule has 1 N–H and O–H groups in total. The second-order valence-corrected chi connectivity index (χ2v) is 5.65. The van der Waals surface area contributed by atoms with E-state index in [1.165, 1.54) is 18.3 Å². The highest BCUT2D eigenvalue weighted by Crippen LogP contribution is 2.37. The normalized spacial score (nSPS) is 12.4. The second kappa shape index (κ2) is 6.67. The number of carbonyl (C=O) groups is 1. The van der Waals surface area contributed by atoms with E-state index in [1.54, 1.807) is 24.3 Å². The molecule has 0 atom stereocenters. The molecule has 8 nitrogen and oxygen atoms in total. The van der Waals surface area contributed by atoms with Crippen LogP contribution in [0.25, 0.3) is 0 Å². The smallest absolute Gasteiger partial charge is 0.282 e. The molecular formula is C15H10BrN3O5. The fourth-order valence-electron chi connectivity index (χ4n) is 2.06. The van der Waals surface area contributed by atoms with Crippen LogP contribution in [0.5, 0.6) is 11.5 Å². The molecular weight excluding hydrogens is 382 g/mol. The van der Waals surface area contributed by atoms with E-state index in [1.807, 2.05) is 0 Å². The van der Waals surface area contributed by atoms with Gasteiger partial charge in [0.15, 0.2) is 11.5 Å². The Kier molecular flexibility index (Phi) is 4.43. The monoisotopic (exact) mass is 391 g/mol. The minimum atomic E-state index is -0.556. The molecule has 0 unspecified atom stereocenters. The van der Waals surface area contributed by atoms with Crippen LogP contribution in [0.4, 0.5) is 5.69 Å². The number of hydrogen-bond acceptors (Lipinski definition) is 6. The zero-order chi connectivity index (χ0) is 17.1. The number of carbonyl (C=O) groups excluding carboxylic acids is 1. The number of ether oxygens (including phenoxy) is 2. The van der Waals surface area contributed by atoms with Crippen molar-refractivity contribution in [3.63, 3.8) is 0 Å². The number of nitrogens with one attached hydrogen (secondary N) is 1. The number of halogens is 1. The molecule has 1 aliphatic rings. The Balaban J connectivity index is 1.79. The van der Waals surface area contributed by atoms with E-state index in [0.29, 0.717) is 17.1 Å². The van der Waals surface area contributed by atoms with E-state index in [0.717, 1.165) is 4.47 Å². The van der Waals surface area contributed by atoms with Crippen molar-refractivity contribution in [3.8, 4) is 11.5 Å². The number of hydrazone groups is 1. The highest BCUT2D eigenvalue weighted by Gasteiger charge is 2.22. The lowest BCUT2D eigenvalue weighted by atomic mass is 10.1. The summed E-state index contributed by atoms with van der Waals surface area (Å²) in [6, 6.07) is 9.46. The number of nitro benzene ring substituents is 1. The van der Waals surface area contributed by atoms with Crippen molar-refractivity contribution in [2.75, 3.05) is 6.79 Å². The Morgan fingerprint density at radius 1 is 1.29 bits per heavy atom. The van der Waals surface area contributed by atoms with Gasteiger partial charge in [-0.05, 0) is 24.3 Å². The van der Waals surface area contributed by atoms with E-state index in [-0.39, 0.29) is 18.0 Å². The maximum absolute atomic E-state index is 12.0. The fraction of sp³-hybridized carbons (Fsp3) is 0.0667. The van der Waals surface area contributed by atoms with E-state index in [9.17, 15) is 14.9 Å². The van der Waals surface area contributed by atoms with Gasteiger partial charge in [0.25, 0.3) is 11.6 Å².